The number of methoxy groups -OCH3 is 1. The first-order chi connectivity index (χ1) is 14.0. The molecule has 0 aromatic heterocycles. The van der Waals surface area contributed by atoms with Crippen molar-refractivity contribution < 1.29 is 14.3 Å². The SMILES string of the molecule is COc1ccccc1NC(=O)c1ccccc1NC(=O)Cc1ccc(C)c(C)c1. The van der Waals surface area contributed by atoms with E-state index in [0.717, 1.165) is 11.1 Å². The predicted octanol–water partition coefficient (Wildman–Crippen LogP) is 4.75. The highest BCUT2D eigenvalue weighted by Gasteiger charge is 2.15. The Morgan fingerprint density at radius 2 is 1.52 bits per heavy atom. The van der Waals surface area contributed by atoms with Crippen LogP contribution in [0.1, 0.15) is 27.0 Å². The van der Waals surface area contributed by atoms with Crippen molar-refractivity contribution in [3.63, 3.8) is 0 Å². The fourth-order valence-corrected chi connectivity index (χ4v) is 3.02. The molecule has 0 aliphatic carbocycles. The van der Waals surface area contributed by atoms with Crippen molar-refractivity contribution >= 4 is 23.2 Å². The van der Waals surface area contributed by atoms with Crippen LogP contribution in [0.4, 0.5) is 11.4 Å². The molecule has 0 heterocycles. The summed E-state index contributed by atoms with van der Waals surface area (Å²) >= 11 is 0. The summed E-state index contributed by atoms with van der Waals surface area (Å²) < 4.78 is 5.28. The molecule has 2 N–H and O–H groups in total. The van der Waals surface area contributed by atoms with E-state index in [9.17, 15) is 9.59 Å². The Bertz CT molecular complexity index is 1040. The lowest BCUT2D eigenvalue weighted by atomic mass is 10.0. The van der Waals surface area contributed by atoms with Crippen LogP contribution < -0.4 is 15.4 Å². The Hall–Kier alpha value is -3.60. The summed E-state index contributed by atoms with van der Waals surface area (Å²) in [5.74, 6) is 0.0690. The highest BCUT2D eigenvalue weighted by atomic mass is 16.5. The van der Waals surface area contributed by atoms with Crippen molar-refractivity contribution in [2.75, 3.05) is 17.7 Å². The fourth-order valence-electron chi connectivity index (χ4n) is 3.02. The van der Waals surface area contributed by atoms with Crippen LogP contribution >= 0.6 is 0 Å². The number of hydrogen-bond acceptors (Lipinski definition) is 3. The second-order valence-corrected chi connectivity index (χ2v) is 6.84. The van der Waals surface area contributed by atoms with Gasteiger partial charge < -0.3 is 15.4 Å². The van der Waals surface area contributed by atoms with Gasteiger partial charge in [-0.1, -0.05) is 42.5 Å². The van der Waals surface area contributed by atoms with Gasteiger partial charge in [0.25, 0.3) is 5.91 Å². The zero-order chi connectivity index (χ0) is 20.8. The summed E-state index contributed by atoms with van der Waals surface area (Å²) in [6.07, 6.45) is 0.240. The van der Waals surface area contributed by atoms with Crippen LogP contribution in [-0.2, 0) is 11.2 Å². The van der Waals surface area contributed by atoms with E-state index in [1.807, 2.05) is 44.2 Å². The summed E-state index contributed by atoms with van der Waals surface area (Å²) in [5.41, 5.74) is 4.68. The molecule has 0 saturated heterocycles. The molecule has 3 rings (SSSR count). The summed E-state index contributed by atoms with van der Waals surface area (Å²) in [4.78, 5) is 25.4. The van der Waals surface area contributed by atoms with Crippen LogP contribution in [-0.4, -0.2) is 18.9 Å². The fraction of sp³-hybridized carbons (Fsp3) is 0.167. The number of rotatable bonds is 6. The Morgan fingerprint density at radius 1 is 0.828 bits per heavy atom. The molecule has 5 heteroatoms. The number of para-hydroxylation sites is 3. The number of carbonyl (C=O) groups is 2. The van der Waals surface area contributed by atoms with E-state index in [2.05, 4.69) is 10.6 Å². The Kier molecular flexibility index (Phi) is 6.29. The molecule has 0 atom stereocenters. The van der Waals surface area contributed by atoms with E-state index in [4.69, 9.17) is 4.74 Å². The van der Waals surface area contributed by atoms with Gasteiger partial charge in [0.15, 0.2) is 0 Å². The third-order valence-electron chi connectivity index (χ3n) is 4.74. The number of benzene rings is 3. The molecule has 3 aromatic carbocycles. The quantitative estimate of drug-likeness (QED) is 0.641. The van der Waals surface area contributed by atoms with Crippen LogP contribution in [0.15, 0.2) is 66.7 Å². The molecule has 0 spiro atoms. The lowest BCUT2D eigenvalue weighted by Gasteiger charge is -2.13. The van der Waals surface area contributed by atoms with Gasteiger partial charge in [-0.25, -0.2) is 0 Å². The van der Waals surface area contributed by atoms with Gasteiger partial charge in [-0.2, -0.15) is 0 Å². The van der Waals surface area contributed by atoms with Crippen molar-refractivity contribution in [3.05, 3.63) is 89.0 Å². The lowest BCUT2D eigenvalue weighted by molar-refractivity contribution is -0.115. The van der Waals surface area contributed by atoms with Gasteiger partial charge in [-0.05, 0) is 54.8 Å². The van der Waals surface area contributed by atoms with Crippen LogP contribution in [0, 0.1) is 13.8 Å². The Labute approximate surface area is 170 Å². The van der Waals surface area contributed by atoms with Crippen molar-refractivity contribution in [1.82, 2.24) is 0 Å². The number of aryl methyl sites for hydroxylation is 2. The molecule has 0 radical (unpaired) electrons. The molecule has 148 valence electrons. The average Bonchev–Trinajstić information content (AvgIpc) is 2.71. The molecule has 0 aliphatic heterocycles. The number of hydrogen-bond donors (Lipinski definition) is 2. The Balaban J connectivity index is 1.75. The number of nitrogens with one attached hydrogen (secondary N) is 2. The van der Waals surface area contributed by atoms with Crippen molar-refractivity contribution in [3.8, 4) is 5.75 Å². The largest absolute Gasteiger partial charge is 0.495 e. The van der Waals surface area contributed by atoms with E-state index in [-0.39, 0.29) is 18.2 Å². The van der Waals surface area contributed by atoms with E-state index in [1.54, 1.807) is 43.5 Å². The topological polar surface area (TPSA) is 67.4 Å². The van der Waals surface area contributed by atoms with Crippen LogP contribution in [0.3, 0.4) is 0 Å². The van der Waals surface area contributed by atoms with E-state index < -0.39 is 0 Å². The minimum Gasteiger partial charge on any atom is -0.495 e. The van der Waals surface area contributed by atoms with Gasteiger partial charge in [0.1, 0.15) is 5.75 Å². The zero-order valence-electron chi connectivity index (χ0n) is 16.8. The molecule has 0 bridgehead atoms. The molecule has 3 aromatic rings. The molecule has 0 unspecified atom stereocenters. The number of ether oxygens (including phenoxy) is 1. The summed E-state index contributed by atoms with van der Waals surface area (Å²) in [7, 11) is 1.55. The number of anilines is 2. The van der Waals surface area contributed by atoms with Gasteiger partial charge in [0, 0.05) is 0 Å². The standard InChI is InChI=1S/C24H24N2O3/c1-16-12-13-18(14-17(16)2)15-23(27)25-20-9-5-4-8-19(20)24(28)26-21-10-6-7-11-22(21)29-3/h4-14H,15H2,1-3H3,(H,25,27)(H,26,28). The summed E-state index contributed by atoms with van der Waals surface area (Å²) in [6, 6.07) is 20.1. The first-order valence-electron chi connectivity index (χ1n) is 9.37. The zero-order valence-corrected chi connectivity index (χ0v) is 16.8. The van der Waals surface area contributed by atoms with E-state index in [1.165, 1.54) is 5.56 Å². The third-order valence-corrected chi connectivity index (χ3v) is 4.74. The van der Waals surface area contributed by atoms with Gasteiger partial charge in [0.05, 0.1) is 30.5 Å². The molecule has 0 aliphatic rings. The average molecular weight is 388 g/mol. The first-order valence-corrected chi connectivity index (χ1v) is 9.37. The highest BCUT2D eigenvalue weighted by molar-refractivity contribution is 6.10. The monoisotopic (exact) mass is 388 g/mol. The summed E-state index contributed by atoms with van der Waals surface area (Å²) in [5, 5.41) is 5.70. The summed E-state index contributed by atoms with van der Waals surface area (Å²) in [6.45, 7) is 4.06. The number of carbonyl (C=O) groups excluding carboxylic acids is 2. The van der Waals surface area contributed by atoms with Crippen LogP contribution in [0.2, 0.25) is 0 Å². The second-order valence-electron chi connectivity index (χ2n) is 6.84. The van der Waals surface area contributed by atoms with Gasteiger partial charge >= 0.3 is 0 Å². The predicted molar refractivity (Wildman–Crippen MR) is 116 cm³/mol. The molecule has 0 fully saturated rings. The van der Waals surface area contributed by atoms with Crippen LogP contribution in [0.5, 0.6) is 5.75 Å². The maximum atomic E-state index is 12.8. The molecule has 29 heavy (non-hydrogen) atoms. The van der Waals surface area contributed by atoms with Crippen LogP contribution in [0.25, 0.3) is 0 Å². The lowest BCUT2D eigenvalue weighted by Crippen LogP contribution is -2.19. The van der Waals surface area contributed by atoms with Crippen molar-refractivity contribution in [2.24, 2.45) is 0 Å². The molecule has 2 amide bonds. The first kappa shape index (κ1) is 20.1. The third kappa shape index (κ3) is 5.02. The van der Waals surface area contributed by atoms with Gasteiger partial charge in [-0.15, -0.1) is 0 Å². The molecular formula is C24H24N2O3. The molecule has 5 nitrogen and oxygen atoms in total. The minimum atomic E-state index is -0.323. The van der Waals surface area contributed by atoms with E-state index in [0.29, 0.717) is 22.7 Å². The molecule has 0 saturated carbocycles. The van der Waals surface area contributed by atoms with E-state index >= 15 is 0 Å². The maximum Gasteiger partial charge on any atom is 0.257 e. The maximum absolute atomic E-state index is 12.8. The van der Waals surface area contributed by atoms with Gasteiger partial charge in [-0.3, -0.25) is 9.59 Å². The minimum absolute atomic E-state index is 0.175. The smallest absolute Gasteiger partial charge is 0.257 e. The van der Waals surface area contributed by atoms with Gasteiger partial charge in [0.2, 0.25) is 5.91 Å². The number of amides is 2. The van der Waals surface area contributed by atoms with Crippen molar-refractivity contribution in [2.45, 2.75) is 20.3 Å². The normalized spacial score (nSPS) is 10.3. The highest BCUT2D eigenvalue weighted by Crippen LogP contribution is 2.25. The second kappa shape index (κ2) is 9.06. The molecular weight excluding hydrogens is 364 g/mol. The van der Waals surface area contributed by atoms with Crippen molar-refractivity contribution in [1.29, 1.82) is 0 Å². The Morgan fingerprint density at radius 3 is 2.24 bits per heavy atom.